The van der Waals surface area contributed by atoms with Crippen molar-refractivity contribution in [3.05, 3.63) is 29.8 Å². The molecule has 1 nitrogen and oxygen atoms in total. The average Bonchev–Trinajstić information content (AvgIpc) is 2.02. The molecule has 1 aliphatic rings. The zero-order chi connectivity index (χ0) is 8.60. The van der Waals surface area contributed by atoms with E-state index in [1.807, 2.05) is 0 Å². The number of nitrogens with one attached hydrogen (secondary N) is 1. The fourth-order valence-electron chi connectivity index (χ4n) is 1.76. The van der Waals surface area contributed by atoms with E-state index in [4.69, 9.17) is 0 Å². The average molecular weight is 161 g/mol. The Hall–Kier alpha value is -0.980. The Kier molecular flexibility index (Phi) is 1.60. The molecule has 1 aromatic carbocycles. The summed E-state index contributed by atoms with van der Waals surface area (Å²) >= 11 is 0. The van der Waals surface area contributed by atoms with Gasteiger partial charge in [0.05, 0.1) is 0 Å². The second-order valence-electron chi connectivity index (χ2n) is 4.35. The van der Waals surface area contributed by atoms with Crippen molar-refractivity contribution in [1.82, 2.24) is 0 Å². The minimum Gasteiger partial charge on any atom is -0.384 e. The largest absolute Gasteiger partial charge is 0.384 e. The van der Waals surface area contributed by atoms with Gasteiger partial charge >= 0.3 is 0 Å². The molecule has 0 bridgehead atoms. The molecule has 0 radical (unpaired) electrons. The smallest absolute Gasteiger partial charge is 0.0373 e. The van der Waals surface area contributed by atoms with Gasteiger partial charge < -0.3 is 5.32 Å². The summed E-state index contributed by atoms with van der Waals surface area (Å²) < 4.78 is 0. The SMILES string of the molecule is CC1(C)CNc2ccccc2C1. The van der Waals surface area contributed by atoms with Crippen molar-refractivity contribution in [3.8, 4) is 0 Å². The summed E-state index contributed by atoms with van der Waals surface area (Å²) in [7, 11) is 0. The molecule has 0 fully saturated rings. The van der Waals surface area contributed by atoms with Gasteiger partial charge in [-0.3, -0.25) is 0 Å². The second-order valence-corrected chi connectivity index (χ2v) is 4.35. The Balaban J connectivity index is 2.35. The predicted molar refractivity (Wildman–Crippen MR) is 52.4 cm³/mol. The van der Waals surface area contributed by atoms with E-state index in [9.17, 15) is 0 Å². The lowest BCUT2D eigenvalue weighted by molar-refractivity contribution is 0.379. The Morgan fingerprint density at radius 1 is 1.25 bits per heavy atom. The van der Waals surface area contributed by atoms with Crippen LogP contribution in [-0.4, -0.2) is 6.54 Å². The van der Waals surface area contributed by atoms with E-state index in [-0.39, 0.29) is 0 Å². The summed E-state index contributed by atoms with van der Waals surface area (Å²) in [5.74, 6) is 0. The molecule has 0 amide bonds. The Bertz CT molecular complexity index is 289. The standard InChI is InChI=1S/C11H15N/c1-11(2)7-9-5-3-4-6-10(9)12-8-11/h3-6,12H,7-8H2,1-2H3. The molecule has 1 heterocycles. The Morgan fingerprint density at radius 3 is 2.83 bits per heavy atom. The molecule has 1 aliphatic heterocycles. The highest BCUT2D eigenvalue weighted by atomic mass is 14.9. The molecule has 0 aliphatic carbocycles. The Morgan fingerprint density at radius 2 is 2.00 bits per heavy atom. The minimum atomic E-state index is 0.411. The van der Waals surface area contributed by atoms with Crippen LogP contribution in [0.15, 0.2) is 24.3 Å². The molecule has 12 heavy (non-hydrogen) atoms. The third-order valence-electron chi connectivity index (χ3n) is 2.44. The van der Waals surface area contributed by atoms with Crippen LogP contribution in [0.1, 0.15) is 19.4 Å². The predicted octanol–water partition coefficient (Wildman–Crippen LogP) is 2.68. The number of hydrogen-bond acceptors (Lipinski definition) is 1. The molecular formula is C11H15N. The molecule has 0 atom stereocenters. The fraction of sp³-hybridized carbons (Fsp3) is 0.455. The number of para-hydroxylation sites is 1. The third kappa shape index (κ3) is 1.31. The van der Waals surface area contributed by atoms with Gasteiger partial charge in [0.1, 0.15) is 0 Å². The quantitative estimate of drug-likeness (QED) is 0.617. The summed E-state index contributed by atoms with van der Waals surface area (Å²) in [6.07, 6.45) is 1.19. The summed E-state index contributed by atoms with van der Waals surface area (Å²) in [5.41, 5.74) is 3.18. The monoisotopic (exact) mass is 161 g/mol. The third-order valence-corrected chi connectivity index (χ3v) is 2.44. The highest BCUT2D eigenvalue weighted by Crippen LogP contribution is 2.31. The van der Waals surface area contributed by atoms with E-state index in [0.717, 1.165) is 6.54 Å². The van der Waals surface area contributed by atoms with E-state index in [2.05, 4.69) is 43.4 Å². The van der Waals surface area contributed by atoms with Gasteiger partial charge in [0.2, 0.25) is 0 Å². The summed E-state index contributed by atoms with van der Waals surface area (Å²) in [5, 5.41) is 3.45. The first-order valence-electron chi connectivity index (χ1n) is 4.49. The van der Waals surface area contributed by atoms with Crippen LogP contribution in [0.4, 0.5) is 5.69 Å². The number of fused-ring (bicyclic) bond motifs is 1. The molecule has 0 spiro atoms. The van der Waals surface area contributed by atoms with Crippen LogP contribution in [0.3, 0.4) is 0 Å². The van der Waals surface area contributed by atoms with Crippen molar-refractivity contribution in [2.24, 2.45) is 5.41 Å². The zero-order valence-electron chi connectivity index (χ0n) is 7.72. The van der Waals surface area contributed by atoms with Crippen LogP contribution in [-0.2, 0) is 6.42 Å². The van der Waals surface area contributed by atoms with Crippen molar-refractivity contribution in [2.75, 3.05) is 11.9 Å². The molecule has 0 saturated carbocycles. The fourth-order valence-corrected chi connectivity index (χ4v) is 1.76. The highest BCUT2D eigenvalue weighted by Gasteiger charge is 2.23. The van der Waals surface area contributed by atoms with Gasteiger partial charge in [-0.25, -0.2) is 0 Å². The maximum Gasteiger partial charge on any atom is 0.0373 e. The lowest BCUT2D eigenvalue weighted by Crippen LogP contribution is -2.30. The lowest BCUT2D eigenvalue weighted by Gasteiger charge is -2.32. The van der Waals surface area contributed by atoms with Crippen LogP contribution < -0.4 is 5.32 Å². The molecular weight excluding hydrogens is 146 g/mol. The van der Waals surface area contributed by atoms with Crippen LogP contribution >= 0.6 is 0 Å². The van der Waals surface area contributed by atoms with Crippen molar-refractivity contribution in [3.63, 3.8) is 0 Å². The number of hydrogen-bond donors (Lipinski definition) is 1. The first-order chi connectivity index (χ1) is 5.67. The van der Waals surface area contributed by atoms with Gasteiger partial charge in [-0.15, -0.1) is 0 Å². The molecule has 1 aromatic rings. The van der Waals surface area contributed by atoms with Crippen LogP contribution in [0.5, 0.6) is 0 Å². The van der Waals surface area contributed by atoms with Crippen LogP contribution in [0.25, 0.3) is 0 Å². The topological polar surface area (TPSA) is 12.0 Å². The van der Waals surface area contributed by atoms with Gasteiger partial charge in [0.15, 0.2) is 0 Å². The molecule has 0 saturated heterocycles. The zero-order valence-corrected chi connectivity index (χ0v) is 7.72. The lowest BCUT2D eigenvalue weighted by atomic mass is 9.82. The van der Waals surface area contributed by atoms with E-state index in [1.165, 1.54) is 17.7 Å². The minimum absolute atomic E-state index is 0.411. The molecule has 0 unspecified atom stereocenters. The molecule has 1 N–H and O–H groups in total. The van der Waals surface area contributed by atoms with E-state index in [1.54, 1.807) is 0 Å². The number of benzene rings is 1. The second kappa shape index (κ2) is 2.51. The first kappa shape index (κ1) is 7.66. The summed E-state index contributed by atoms with van der Waals surface area (Å²) in [6.45, 7) is 5.69. The van der Waals surface area contributed by atoms with E-state index < -0.39 is 0 Å². The van der Waals surface area contributed by atoms with Crippen LogP contribution in [0.2, 0.25) is 0 Å². The summed E-state index contributed by atoms with van der Waals surface area (Å²) in [4.78, 5) is 0. The van der Waals surface area contributed by atoms with Gasteiger partial charge in [-0.2, -0.15) is 0 Å². The maximum atomic E-state index is 3.45. The molecule has 2 rings (SSSR count). The summed E-state index contributed by atoms with van der Waals surface area (Å²) in [6, 6.07) is 8.57. The van der Waals surface area contributed by atoms with E-state index in [0.29, 0.717) is 5.41 Å². The van der Waals surface area contributed by atoms with Crippen molar-refractivity contribution in [2.45, 2.75) is 20.3 Å². The molecule has 64 valence electrons. The molecule has 1 heteroatoms. The molecule has 0 aromatic heterocycles. The van der Waals surface area contributed by atoms with Gasteiger partial charge in [0.25, 0.3) is 0 Å². The Labute approximate surface area is 73.8 Å². The van der Waals surface area contributed by atoms with Crippen molar-refractivity contribution < 1.29 is 0 Å². The van der Waals surface area contributed by atoms with Gasteiger partial charge in [-0.1, -0.05) is 32.0 Å². The van der Waals surface area contributed by atoms with Crippen LogP contribution in [0, 0.1) is 5.41 Å². The van der Waals surface area contributed by atoms with Gasteiger partial charge in [-0.05, 0) is 23.5 Å². The van der Waals surface area contributed by atoms with Crippen molar-refractivity contribution in [1.29, 1.82) is 0 Å². The number of rotatable bonds is 0. The highest BCUT2D eigenvalue weighted by molar-refractivity contribution is 5.53. The first-order valence-corrected chi connectivity index (χ1v) is 4.49. The normalized spacial score (nSPS) is 19.5. The van der Waals surface area contributed by atoms with Crippen molar-refractivity contribution >= 4 is 5.69 Å². The maximum absolute atomic E-state index is 3.45. The van der Waals surface area contributed by atoms with E-state index >= 15 is 0 Å². The number of anilines is 1. The van der Waals surface area contributed by atoms with Gasteiger partial charge in [0, 0.05) is 12.2 Å².